The summed E-state index contributed by atoms with van der Waals surface area (Å²) >= 11 is 2.94. The highest BCUT2D eigenvalue weighted by Gasteiger charge is 2.22. The number of ether oxygens (including phenoxy) is 1. The molecule has 1 aromatic carbocycles. The van der Waals surface area contributed by atoms with Gasteiger partial charge in [-0.3, -0.25) is 4.79 Å². The summed E-state index contributed by atoms with van der Waals surface area (Å²) in [6.45, 7) is 1.57. The van der Waals surface area contributed by atoms with Crippen LogP contribution >= 0.6 is 22.7 Å². The molecule has 23 heavy (non-hydrogen) atoms. The molecule has 116 valence electrons. The molecule has 0 N–H and O–H groups in total. The zero-order valence-electron chi connectivity index (χ0n) is 12.3. The lowest BCUT2D eigenvalue weighted by Gasteiger charge is -2.11. The van der Waals surface area contributed by atoms with Crippen LogP contribution < -0.4 is 0 Å². The predicted molar refractivity (Wildman–Crippen MR) is 91.1 cm³/mol. The number of hydrogen-bond acceptors (Lipinski definition) is 6. The predicted octanol–water partition coefficient (Wildman–Crippen LogP) is 4.30. The summed E-state index contributed by atoms with van der Waals surface area (Å²) in [6.07, 6.45) is -0.850. The Bertz CT molecular complexity index is 810. The highest BCUT2D eigenvalue weighted by atomic mass is 32.1. The number of esters is 1. The van der Waals surface area contributed by atoms with Crippen LogP contribution in [0.2, 0.25) is 0 Å². The fourth-order valence-corrected chi connectivity index (χ4v) is 3.60. The Labute approximate surface area is 141 Å². The fourth-order valence-electron chi connectivity index (χ4n) is 1.99. The first kappa shape index (κ1) is 15.6. The van der Waals surface area contributed by atoms with E-state index in [0.717, 1.165) is 9.88 Å². The number of carbonyl (C=O) groups is 2. The highest BCUT2D eigenvalue weighted by Crippen LogP contribution is 2.28. The number of Topliss-reactive ketones (excluding diaryl/α,β-unsaturated/α-hetero) is 1. The third-order valence-corrected chi connectivity index (χ3v) is 5.04. The van der Waals surface area contributed by atoms with Crippen LogP contribution in [0.25, 0.3) is 9.88 Å². The molecule has 0 radical (unpaired) electrons. The average molecular weight is 343 g/mol. The monoisotopic (exact) mass is 343 g/mol. The van der Waals surface area contributed by atoms with Crippen LogP contribution in [0, 0.1) is 0 Å². The molecule has 1 unspecified atom stereocenters. The molecule has 6 heteroatoms. The van der Waals surface area contributed by atoms with Crippen molar-refractivity contribution >= 4 is 34.4 Å². The van der Waals surface area contributed by atoms with Gasteiger partial charge in [-0.1, -0.05) is 36.4 Å². The Kier molecular flexibility index (Phi) is 4.64. The van der Waals surface area contributed by atoms with Gasteiger partial charge in [0, 0.05) is 10.9 Å². The number of nitrogens with zero attached hydrogens (tertiary/aromatic N) is 1. The summed E-state index contributed by atoms with van der Waals surface area (Å²) in [5.74, 6) is -0.812. The van der Waals surface area contributed by atoms with E-state index in [1.807, 2.05) is 23.6 Å². The average Bonchev–Trinajstić information content (AvgIpc) is 3.25. The zero-order chi connectivity index (χ0) is 16.2. The second-order valence-corrected chi connectivity index (χ2v) is 6.60. The van der Waals surface area contributed by atoms with E-state index in [9.17, 15) is 9.59 Å². The number of hydrogen-bond donors (Lipinski definition) is 0. The summed E-state index contributed by atoms with van der Waals surface area (Å²) in [5, 5.41) is 4.38. The molecule has 0 spiro atoms. The summed E-state index contributed by atoms with van der Waals surface area (Å²) in [5.41, 5.74) is 0.747. The van der Waals surface area contributed by atoms with E-state index in [4.69, 9.17) is 4.74 Å². The first-order chi connectivity index (χ1) is 11.1. The second kappa shape index (κ2) is 6.85. The third kappa shape index (κ3) is 3.55. The zero-order valence-corrected chi connectivity index (χ0v) is 13.9. The van der Waals surface area contributed by atoms with Crippen molar-refractivity contribution in [3.8, 4) is 9.88 Å². The Morgan fingerprint density at radius 2 is 1.87 bits per heavy atom. The normalized spacial score (nSPS) is 11.9. The lowest BCUT2D eigenvalue weighted by atomic mass is 10.1. The number of rotatable bonds is 5. The van der Waals surface area contributed by atoms with E-state index < -0.39 is 12.1 Å². The van der Waals surface area contributed by atoms with Crippen molar-refractivity contribution in [3.05, 3.63) is 64.5 Å². The molecule has 0 saturated carbocycles. The van der Waals surface area contributed by atoms with Crippen LogP contribution in [0.15, 0.2) is 53.2 Å². The van der Waals surface area contributed by atoms with E-state index >= 15 is 0 Å². The maximum Gasteiger partial charge on any atom is 0.358 e. The molecule has 0 amide bonds. The molecule has 0 aliphatic rings. The standard InChI is InChI=1S/C17H13NO3S2/c1-11(15(19)12-6-3-2-4-7-12)21-17(20)13-10-23-16(18-13)14-8-5-9-22-14/h2-11H,1H3. The van der Waals surface area contributed by atoms with E-state index in [1.165, 1.54) is 11.3 Å². The number of thiazole rings is 1. The minimum Gasteiger partial charge on any atom is -0.450 e. The minimum absolute atomic E-state index is 0.228. The molecule has 4 nitrogen and oxygen atoms in total. The number of aromatic nitrogens is 1. The Morgan fingerprint density at radius 1 is 1.09 bits per heavy atom. The van der Waals surface area contributed by atoms with Gasteiger partial charge in [-0.2, -0.15) is 0 Å². The summed E-state index contributed by atoms with van der Waals surface area (Å²) in [4.78, 5) is 29.6. The lowest BCUT2D eigenvalue weighted by molar-refractivity contribution is 0.0314. The molecule has 0 saturated heterocycles. The lowest BCUT2D eigenvalue weighted by Crippen LogP contribution is -2.24. The topological polar surface area (TPSA) is 56.3 Å². The molecule has 3 rings (SSSR count). The van der Waals surface area contributed by atoms with Crippen molar-refractivity contribution < 1.29 is 14.3 Å². The van der Waals surface area contributed by atoms with E-state index in [-0.39, 0.29) is 11.5 Å². The van der Waals surface area contributed by atoms with Crippen LogP contribution in [0.3, 0.4) is 0 Å². The van der Waals surface area contributed by atoms with Crippen LogP contribution in [-0.2, 0) is 4.74 Å². The number of thiophene rings is 1. The SMILES string of the molecule is CC(OC(=O)c1csc(-c2cccs2)n1)C(=O)c1ccccc1. The van der Waals surface area contributed by atoms with Crippen molar-refractivity contribution in [2.75, 3.05) is 0 Å². The van der Waals surface area contributed by atoms with Gasteiger partial charge in [0.15, 0.2) is 11.8 Å². The minimum atomic E-state index is -0.850. The Morgan fingerprint density at radius 3 is 2.57 bits per heavy atom. The van der Waals surface area contributed by atoms with Crippen molar-refractivity contribution in [2.45, 2.75) is 13.0 Å². The van der Waals surface area contributed by atoms with Gasteiger partial charge < -0.3 is 4.74 Å². The van der Waals surface area contributed by atoms with Crippen LogP contribution in [0.1, 0.15) is 27.8 Å². The van der Waals surface area contributed by atoms with Crippen molar-refractivity contribution in [1.82, 2.24) is 4.98 Å². The maximum atomic E-state index is 12.2. The van der Waals surface area contributed by atoms with Gasteiger partial charge in [0.25, 0.3) is 0 Å². The molecule has 2 heterocycles. The second-order valence-electron chi connectivity index (χ2n) is 4.79. The highest BCUT2D eigenvalue weighted by molar-refractivity contribution is 7.20. The molecular formula is C17H13NO3S2. The van der Waals surface area contributed by atoms with Crippen molar-refractivity contribution in [3.63, 3.8) is 0 Å². The molecule has 2 aromatic heterocycles. The molecule has 1 atom stereocenters. The van der Waals surface area contributed by atoms with E-state index in [0.29, 0.717) is 5.56 Å². The molecule has 0 fully saturated rings. The van der Waals surface area contributed by atoms with E-state index in [1.54, 1.807) is 47.9 Å². The van der Waals surface area contributed by atoms with Gasteiger partial charge in [-0.05, 0) is 18.4 Å². The smallest absolute Gasteiger partial charge is 0.358 e. The van der Waals surface area contributed by atoms with Crippen LogP contribution in [0.5, 0.6) is 0 Å². The number of carbonyl (C=O) groups excluding carboxylic acids is 2. The summed E-state index contributed by atoms with van der Waals surface area (Å²) in [6, 6.07) is 12.6. The third-order valence-electron chi connectivity index (χ3n) is 3.16. The first-order valence-electron chi connectivity index (χ1n) is 6.95. The largest absolute Gasteiger partial charge is 0.450 e. The fraction of sp³-hybridized carbons (Fsp3) is 0.118. The van der Waals surface area contributed by atoms with Crippen LogP contribution in [-0.4, -0.2) is 22.8 Å². The van der Waals surface area contributed by atoms with Gasteiger partial charge in [0.2, 0.25) is 5.78 Å². The van der Waals surface area contributed by atoms with Crippen molar-refractivity contribution in [2.24, 2.45) is 0 Å². The molecule has 0 bridgehead atoms. The summed E-state index contributed by atoms with van der Waals surface area (Å²) in [7, 11) is 0. The summed E-state index contributed by atoms with van der Waals surface area (Å²) < 4.78 is 5.24. The van der Waals surface area contributed by atoms with Crippen molar-refractivity contribution in [1.29, 1.82) is 0 Å². The molecular weight excluding hydrogens is 330 g/mol. The quantitative estimate of drug-likeness (QED) is 0.512. The molecule has 0 aliphatic carbocycles. The van der Waals surface area contributed by atoms with Gasteiger partial charge in [-0.25, -0.2) is 9.78 Å². The van der Waals surface area contributed by atoms with Gasteiger partial charge >= 0.3 is 5.97 Å². The van der Waals surface area contributed by atoms with Gasteiger partial charge in [0.05, 0.1) is 4.88 Å². The molecule has 3 aromatic rings. The Hall–Kier alpha value is -2.31. The first-order valence-corrected chi connectivity index (χ1v) is 8.70. The van der Waals surface area contributed by atoms with Gasteiger partial charge in [-0.15, -0.1) is 22.7 Å². The van der Waals surface area contributed by atoms with Crippen LogP contribution in [0.4, 0.5) is 0 Å². The Balaban J connectivity index is 1.68. The molecule has 0 aliphatic heterocycles. The number of benzene rings is 1. The maximum absolute atomic E-state index is 12.2. The number of ketones is 1. The van der Waals surface area contributed by atoms with Gasteiger partial charge in [0.1, 0.15) is 5.01 Å². The van der Waals surface area contributed by atoms with E-state index in [2.05, 4.69) is 4.98 Å².